The number of hydrogen-bond donors (Lipinski definition) is 1. The van der Waals surface area contributed by atoms with Crippen molar-refractivity contribution in [1.29, 1.82) is 0 Å². The van der Waals surface area contributed by atoms with Gasteiger partial charge in [-0.3, -0.25) is 4.90 Å². The molecule has 0 spiro atoms. The highest BCUT2D eigenvalue weighted by Crippen LogP contribution is 2.24. The molecule has 0 radical (unpaired) electrons. The summed E-state index contributed by atoms with van der Waals surface area (Å²) in [6.07, 6.45) is 3.53. The molecule has 1 aliphatic rings. The Balaban J connectivity index is 2.09. The largest absolute Gasteiger partial charge is 0.311 e. The molecular formula is C16H24BrFN2. The van der Waals surface area contributed by atoms with Crippen LogP contribution >= 0.6 is 15.9 Å². The summed E-state index contributed by atoms with van der Waals surface area (Å²) in [5, 5.41) is 3.64. The van der Waals surface area contributed by atoms with Crippen molar-refractivity contribution in [2.24, 2.45) is 0 Å². The van der Waals surface area contributed by atoms with Gasteiger partial charge in [-0.15, -0.1) is 0 Å². The van der Waals surface area contributed by atoms with Crippen molar-refractivity contribution in [3.05, 3.63) is 34.1 Å². The second-order valence-electron chi connectivity index (χ2n) is 5.60. The number of benzene rings is 1. The molecule has 0 aliphatic carbocycles. The predicted molar refractivity (Wildman–Crippen MR) is 85.3 cm³/mol. The fraction of sp³-hybridized carbons (Fsp3) is 0.625. The Morgan fingerprint density at radius 3 is 2.90 bits per heavy atom. The summed E-state index contributed by atoms with van der Waals surface area (Å²) < 4.78 is 14.2. The molecule has 4 heteroatoms. The van der Waals surface area contributed by atoms with E-state index in [0.29, 0.717) is 16.6 Å². The second kappa shape index (κ2) is 7.53. The molecule has 1 aromatic carbocycles. The standard InChI is InChI=1S/C16H24BrFN2/c1-3-6-13-11-20(14(4-2)9-19-13)10-12-7-5-8-15(18)16(12)17/h5,7-8,13-14,19H,3-4,6,9-11H2,1-2H3. The molecule has 20 heavy (non-hydrogen) atoms. The first-order valence-electron chi connectivity index (χ1n) is 7.56. The molecule has 1 aromatic rings. The molecule has 1 heterocycles. The van der Waals surface area contributed by atoms with Gasteiger partial charge < -0.3 is 5.32 Å². The van der Waals surface area contributed by atoms with E-state index in [1.807, 2.05) is 6.07 Å². The van der Waals surface area contributed by atoms with E-state index in [1.54, 1.807) is 6.07 Å². The van der Waals surface area contributed by atoms with E-state index in [0.717, 1.165) is 31.6 Å². The zero-order valence-corrected chi connectivity index (χ0v) is 13.9. The Hall–Kier alpha value is -0.450. The van der Waals surface area contributed by atoms with Crippen LogP contribution in [0.25, 0.3) is 0 Å². The second-order valence-corrected chi connectivity index (χ2v) is 6.39. The van der Waals surface area contributed by atoms with Gasteiger partial charge in [-0.1, -0.05) is 32.4 Å². The first-order chi connectivity index (χ1) is 9.65. The van der Waals surface area contributed by atoms with Gasteiger partial charge in [-0.25, -0.2) is 4.39 Å². The van der Waals surface area contributed by atoms with Crippen molar-refractivity contribution in [2.75, 3.05) is 13.1 Å². The molecule has 2 nitrogen and oxygen atoms in total. The third-order valence-electron chi connectivity index (χ3n) is 4.13. The van der Waals surface area contributed by atoms with Crippen molar-refractivity contribution in [3.63, 3.8) is 0 Å². The van der Waals surface area contributed by atoms with Crippen LogP contribution in [0.3, 0.4) is 0 Å². The Bertz CT molecular complexity index is 438. The summed E-state index contributed by atoms with van der Waals surface area (Å²) in [5.74, 6) is -0.171. The van der Waals surface area contributed by atoms with Crippen LogP contribution in [0.5, 0.6) is 0 Å². The highest BCUT2D eigenvalue weighted by molar-refractivity contribution is 9.10. The summed E-state index contributed by atoms with van der Waals surface area (Å²) >= 11 is 3.38. The third-order valence-corrected chi connectivity index (χ3v) is 5.01. The average molecular weight is 343 g/mol. The quantitative estimate of drug-likeness (QED) is 0.871. The van der Waals surface area contributed by atoms with Crippen LogP contribution in [0.4, 0.5) is 4.39 Å². The molecule has 0 bridgehead atoms. The Labute approximate surface area is 129 Å². The number of nitrogens with zero attached hydrogens (tertiary/aromatic N) is 1. The van der Waals surface area contributed by atoms with E-state index in [-0.39, 0.29) is 5.82 Å². The molecule has 0 saturated carbocycles. The molecule has 1 aliphatic heterocycles. The maximum Gasteiger partial charge on any atom is 0.137 e. The molecule has 1 saturated heterocycles. The van der Waals surface area contributed by atoms with Crippen LogP contribution in [-0.4, -0.2) is 30.1 Å². The summed E-state index contributed by atoms with van der Waals surface area (Å²) in [6, 6.07) is 6.41. The van der Waals surface area contributed by atoms with Gasteiger partial charge >= 0.3 is 0 Å². The van der Waals surface area contributed by atoms with E-state index < -0.39 is 0 Å². The van der Waals surface area contributed by atoms with Crippen LogP contribution in [0.1, 0.15) is 38.7 Å². The minimum absolute atomic E-state index is 0.171. The van der Waals surface area contributed by atoms with E-state index in [4.69, 9.17) is 0 Å². The van der Waals surface area contributed by atoms with Gasteiger partial charge in [0, 0.05) is 31.7 Å². The lowest BCUT2D eigenvalue weighted by Gasteiger charge is -2.40. The van der Waals surface area contributed by atoms with Gasteiger partial charge in [0.15, 0.2) is 0 Å². The minimum Gasteiger partial charge on any atom is -0.311 e. The molecule has 112 valence electrons. The lowest BCUT2D eigenvalue weighted by atomic mass is 10.0. The highest BCUT2D eigenvalue weighted by Gasteiger charge is 2.26. The normalized spacial score (nSPS) is 24.0. The summed E-state index contributed by atoms with van der Waals surface area (Å²) in [6.45, 7) is 7.35. The van der Waals surface area contributed by atoms with Crippen molar-refractivity contribution < 1.29 is 4.39 Å². The van der Waals surface area contributed by atoms with Crippen molar-refractivity contribution in [2.45, 2.75) is 51.7 Å². The SMILES string of the molecule is CCCC1CN(Cc2cccc(F)c2Br)C(CC)CN1. The number of nitrogens with one attached hydrogen (secondary N) is 1. The molecule has 0 amide bonds. The smallest absolute Gasteiger partial charge is 0.137 e. The maximum atomic E-state index is 13.6. The molecule has 2 unspecified atom stereocenters. The predicted octanol–water partition coefficient (Wildman–Crippen LogP) is 3.94. The summed E-state index contributed by atoms with van der Waals surface area (Å²) in [4.78, 5) is 2.50. The van der Waals surface area contributed by atoms with E-state index >= 15 is 0 Å². The molecule has 2 rings (SSSR count). The van der Waals surface area contributed by atoms with Crippen LogP contribution in [0.2, 0.25) is 0 Å². The van der Waals surface area contributed by atoms with Crippen molar-refractivity contribution >= 4 is 15.9 Å². The van der Waals surface area contributed by atoms with E-state index in [2.05, 4.69) is 40.0 Å². The van der Waals surface area contributed by atoms with Gasteiger partial charge in [0.25, 0.3) is 0 Å². The van der Waals surface area contributed by atoms with E-state index in [9.17, 15) is 4.39 Å². The van der Waals surface area contributed by atoms with Crippen LogP contribution in [-0.2, 0) is 6.54 Å². The third kappa shape index (κ3) is 3.80. The number of piperazine rings is 1. The van der Waals surface area contributed by atoms with Gasteiger partial charge in [0.05, 0.1) is 4.47 Å². The van der Waals surface area contributed by atoms with Gasteiger partial charge in [0.1, 0.15) is 5.82 Å². The lowest BCUT2D eigenvalue weighted by Crippen LogP contribution is -2.55. The maximum absolute atomic E-state index is 13.6. The van der Waals surface area contributed by atoms with E-state index in [1.165, 1.54) is 18.9 Å². The Kier molecular flexibility index (Phi) is 6.00. The molecular weight excluding hydrogens is 319 g/mol. The summed E-state index contributed by atoms with van der Waals surface area (Å²) in [5.41, 5.74) is 1.04. The zero-order chi connectivity index (χ0) is 14.5. The fourth-order valence-electron chi connectivity index (χ4n) is 2.96. The molecule has 2 atom stereocenters. The van der Waals surface area contributed by atoms with Crippen LogP contribution < -0.4 is 5.32 Å². The minimum atomic E-state index is -0.171. The summed E-state index contributed by atoms with van der Waals surface area (Å²) in [7, 11) is 0. The highest BCUT2D eigenvalue weighted by atomic mass is 79.9. The van der Waals surface area contributed by atoms with Gasteiger partial charge in [-0.05, 0) is 40.4 Å². The first kappa shape index (κ1) is 15.9. The Morgan fingerprint density at radius 2 is 2.20 bits per heavy atom. The average Bonchev–Trinajstić information content (AvgIpc) is 2.45. The number of hydrogen-bond acceptors (Lipinski definition) is 2. The van der Waals surface area contributed by atoms with Crippen LogP contribution in [0.15, 0.2) is 22.7 Å². The topological polar surface area (TPSA) is 15.3 Å². The first-order valence-corrected chi connectivity index (χ1v) is 8.35. The number of halogens is 2. The van der Waals surface area contributed by atoms with Crippen LogP contribution in [0, 0.1) is 5.82 Å². The van der Waals surface area contributed by atoms with Crippen molar-refractivity contribution in [3.8, 4) is 0 Å². The van der Waals surface area contributed by atoms with Gasteiger partial charge in [0.2, 0.25) is 0 Å². The van der Waals surface area contributed by atoms with Gasteiger partial charge in [-0.2, -0.15) is 0 Å². The monoisotopic (exact) mass is 342 g/mol. The lowest BCUT2D eigenvalue weighted by molar-refractivity contribution is 0.115. The van der Waals surface area contributed by atoms with Crippen molar-refractivity contribution in [1.82, 2.24) is 10.2 Å². The molecule has 1 fully saturated rings. The fourth-order valence-corrected chi connectivity index (χ4v) is 3.35. The zero-order valence-electron chi connectivity index (χ0n) is 12.3. The number of rotatable bonds is 5. The molecule has 1 N–H and O–H groups in total. The molecule has 0 aromatic heterocycles. The Morgan fingerprint density at radius 1 is 1.40 bits per heavy atom.